The fourth-order valence-electron chi connectivity index (χ4n) is 3.07. The summed E-state index contributed by atoms with van der Waals surface area (Å²) in [5.74, 6) is 0.141. The Labute approximate surface area is 148 Å². The molecule has 1 atom stereocenters. The Hall–Kier alpha value is -2.02. The molecule has 128 valence electrons. The molecule has 6 nitrogen and oxygen atoms in total. The van der Waals surface area contributed by atoms with Crippen LogP contribution in [0.1, 0.15) is 31.4 Å². The van der Waals surface area contributed by atoms with Crippen LogP contribution in [-0.2, 0) is 9.53 Å². The number of amides is 2. The summed E-state index contributed by atoms with van der Waals surface area (Å²) in [5, 5.41) is 2.93. The summed E-state index contributed by atoms with van der Waals surface area (Å²) in [6, 6.07) is 4.82. The molecule has 0 radical (unpaired) electrons. The molecule has 24 heavy (non-hydrogen) atoms. The lowest BCUT2D eigenvalue weighted by Gasteiger charge is -2.35. The number of carbonyl (C=O) groups is 2. The molecular formula is C17H19BrN2O4. The number of esters is 1. The molecule has 7 heteroatoms. The molecule has 0 spiro atoms. The number of ether oxygens (including phenoxy) is 2. The van der Waals surface area contributed by atoms with Gasteiger partial charge in [0.25, 0.3) is 0 Å². The number of urea groups is 1. The molecule has 0 bridgehead atoms. The van der Waals surface area contributed by atoms with Crippen LogP contribution in [0.15, 0.2) is 33.9 Å². The standard InChI is InChI=1S/C17H19BrN2O4/c1-9-14(16(21)24-3)15(19-17(22)20(9)11-5-6-11)12-8-10(18)4-7-13(12)23-2/h4,7-8,11,15H,5-6H2,1-3H3,(H,19,22)/t15-/m0/s1. The van der Waals surface area contributed by atoms with Gasteiger partial charge in [0.05, 0.1) is 25.8 Å². The van der Waals surface area contributed by atoms with Crippen LogP contribution >= 0.6 is 15.9 Å². The first kappa shape index (κ1) is 16.8. The van der Waals surface area contributed by atoms with E-state index in [0.717, 1.165) is 17.3 Å². The van der Waals surface area contributed by atoms with Gasteiger partial charge >= 0.3 is 12.0 Å². The molecule has 1 aromatic carbocycles. The van der Waals surface area contributed by atoms with Gasteiger partial charge in [-0.05, 0) is 38.0 Å². The van der Waals surface area contributed by atoms with E-state index in [9.17, 15) is 9.59 Å². The van der Waals surface area contributed by atoms with Gasteiger partial charge < -0.3 is 14.8 Å². The van der Waals surface area contributed by atoms with Crippen molar-refractivity contribution in [3.05, 3.63) is 39.5 Å². The Bertz CT molecular complexity index is 727. The first-order chi connectivity index (χ1) is 11.5. The normalized spacial score (nSPS) is 20.8. The van der Waals surface area contributed by atoms with E-state index in [1.807, 2.05) is 12.1 Å². The Morgan fingerprint density at radius 1 is 1.33 bits per heavy atom. The second kappa shape index (κ2) is 6.47. The van der Waals surface area contributed by atoms with Crippen molar-refractivity contribution in [1.29, 1.82) is 0 Å². The summed E-state index contributed by atoms with van der Waals surface area (Å²) in [6.45, 7) is 1.79. The maximum Gasteiger partial charge on any atom is 0.337 e. The number of halogens is 1. The third-order valence-electron chi connectivity index (χ3n) is 4.35. The number of nitrogens with zero attached hydrogens (tertiary/aromatic N) is 1. The second-order valence-corrected chi connectivity index (χ2v) is 6.78. The Balaban J connectivity index is 2.14. The average molecular weight is 395 g/mol. The summed E-state index contributed by atoms with van der Waals surface area (Å²) < 4.78 is 11.2. The van der Waals surface area contributed by atoms with Crippen LogP contribution in [0.5, 0.6) is 5.75 Å². The molecule has 0 unspecified atom stereocenters. The number of methoxy groups -OCH3 is 2. The Kier molecular flexibility index (Phi) is 4.54. The van der Waals surface area contributed by atoms with Crippen molar-refractivity contribution in [2.45, 2.75) is 31.8 Å². The number of rotatable bonds is 4. The van der Waals surface area contributed by atoms with E-state index in [0.29, 0.717) is 22.6 Å². The molecule has 1 N–H and O–H groups in total. The van der Waals surface area contributed by atoms with Crippen LogP contribution in [0.3, 0.4) is 0 Å². The largest absolute Gasteiger partial charge is 0.496 e. The zero-order valence-electron chi connectivity index (χ0n) is 13.8. The van der Waals surface area contributed by atoms with Crippen molar-refractivity contribution >= 4 is 27.9 Å². The van der Waals surface area contributed by atoms with E-state index < -0.39 is 12.0 Å². The van der Waals surface area contributed by atoms with Gasteiger partial charge in [-0.3, -0.25) is 4.90 Å². The third-order valence-corrected chi connectivity index (χ3v) is 4.84. The number of allylic oxidation sites excluding steroid dienone is 1. The van der Waals surface area contributed by atoms with Crippen LogP contribution < -0.4 is 10.1 Å². The Morgan fingerprint density at radius 2 is 2.04 bits per heavy atom. The first-order valence-electron chi connectivity index (χ1n) is 7.70. The van der Waals surface area contributed by atoms with E-state index in [4.69, 9.17) is 9.47 Å². The van der Waals surface area contributed by atoms with Gasteiger partial charge in [0, 0.05) is 21.8 Å². The van der Waals surface area contributed by atoms with Gasteiger partial charge in [0.2, 0.25) is 0 Å². The van der Waals surface area contributed by atoms with Crippen molar-refractivity contribution in [1.82, 2.24) is 10.2 Å². The average Bonchev–Trinajstić information content (AvgIpc) is 3.38. The van der Waals surface area contributed by atoms with Crippen molar-refractivity contribution in [2.24, 2.45) is 0 Å². The molecule has 3 rings (SSSR count). The van der Waals surface area contributed by atoms with Gasteiger partial charge in [0.15, 0.2) is 0 Å². The molecule has 1 saturated carbocycles. The fraction of sp³-hybridized carbons (Fsp3) is 0.412. The number of nitrogens with one attached hydrogen (secondary N) is 1. The highest BCUT2D eigenvalue weighted by atomic mass is 79.9. The summed E-state index contributed by atoms with van der Waals surface area (Å²) >= 11 is 3.43. The zero-order chi connectivity index (χ0) is 17.4. The van der Waals surface area contributed by atoms with Crippen LogP contribution in [0.25, 0.3) is 0 Å². The smallest absolute Gasteiger partial charge is 0.337 e. The van der Waals surface area contributed by atoms with Crippen molar-refractivity contribution in [3.63, 3.8) is 0 Å². The topological polar surface area (TPSA) is 67.9 Å². The molecule has 2 amide bonds. The van der Waals surface area contributed by atoms with Crippen LogP contribution in [0, 0.1) is 0 Å². The summed E-state index contributed by atoms with van der Waals surface area (Å²) in [7, 11) is 2.90. The maximum atomic E-state index is 12.6. The van der Waals surface area contributed by atoms with Crippen molar-refractivity contribution in [2.75, 3.05) is 14.2 Å². The molecule has 2 aliphatic rings. The number of hydrogen-bond acceptors (Lipinski definition) is 4. The summed E-state index contributed by atoms with van der Waals surface area (Å²) in [6.07, 6.45) is 1.90. The highest BCUT2D eigenvalue weighted by Crippen LogP contribution is 2.40. The molecule has 1 aliphatic heterocycles. The van der Waals surface area contributed by atoms with Crippen LogP contribution in [-0.4, -0.2) is 37.2 Å². The summed E-state index contributed by atoms with van der Waals surface area (Å²) in [4.78, 5) is 26.7. The van der Waals surface area contributed by atoms with E-state index in [1.54, 1.807) is 25.0 Å². The predicted octanol–water partition coefficient (Wildman–Crippen LogP) is 3.13. The maximum absolute atomic E-state index is 12.6. The highest BCUT2D eigenvalue weighted by molar-refractivity contribution is 9.10. The van der Waals surface area contributed by atoms with Crippen molar-refractivity contribution < 1.29 is 19.1 Å². The van der Waals surface area contributed by atoms with Crippen LogP contribution in [0.2, 0.25) is 0 Å². The molecule has 1 fully saturated rings. The highest BCUT2D eigenvalue weighted by Gasteiger charge is 2.43. The predicted molar refractivity (Wildman–Crippen MR) is 91.5 cm³/mol. The van der Waals surface area contributed by atoms with Gasteiger partial charge in [0.1, 0.15) is 5.75 Å². The second-order valence-electron chi connectivity index (χ2n) is 5.86. The molecular weight excluding hydrogens is 376 g/mol. The first-order valence-corrected chi connectivity index (χ1v) is 8.49. The quantitative estimate of drug-likeness (QED) is 0.796. The van der Waals surface area contributed by atoms with Crippen molar-refractivity contribution in [3.8, 4) is 5.75 Å². The number of carbonyl (C=O) groups excluding carboxylic acids is 2. The van der Waals surface area contributed by atoms with Crippen LogP contribution in [0.4, 0.5) is 4.79 Å². The van der Waals surface area contributed by atoms with E-state index in [1.165, 1.54) is 7.11 Å². The zero-order valence-corrected chi connectivity index (χ0v) is 15.3. The Morgan fingerprint density at radius 3 is 2.62 bits per heavy atom. The number of hydrogen-bond donors (Lipinski definition) is 1. The van der Waals surface area contributed by atoms with E-state index in [2.05, 4.69) is 21.2 Å². The fourth-order valence-corrected chi connectivity index (χ4v) is 3.45. The molecule has 1 heterocycles. The molecule has 1 aromatic rings. The third kappa shape index (κ3) is 2.88. The van der Waals surface area contributed by atoms with Gasteiger partial charge in [-0.25, -0.2) is 9.59 Å². The lowest BCUT2D eigenvalue weighted by atomic mass is 9.94. The summed E-state index contributed by atoms with van der Waals surface area (Å²) in [5.41, 5.74) is 1.77. The SMILES string of the molecule is COC(=O)C1=C(C)N(C2CC2)C(=O)N[C@H]1c1cc(Br)ccc1OC. The minimum Gasteiger partial charge on any atom is -0.496 e. The minimum atomic E-state index is -0.618. The molecule has 0 aromatic heterocycles. The van der Waals surface area contributed by atoms with E-state index >= 15 is 0 Å². The van der Waals surface area contributed by atoms with Gasteiger partial charge in [-0.1, -0.05) is 15.9 Å². The lowest BCUT2D eigenvalue weighted by molar-refractivity contribution is -0.136. The van der Waals surface area contributed by atoms with E-state index in [-0.39, 0.29) is 12.1 Å². The molecule has 1 aliphatic carbocycles. The van der Waals surface area contributed by atoms with Gasteiger partial charge in [-0.2, -0.15) is 0 Å². The monoisotopic (exact) mass is 394 g/mol. The number of benzene rings is 1. The minimum absolute atomic E-state index is 0.162. The lowest BCUT2D eigenvalue weighted by Crippen LogP contribution is -2.48. The molecule has 0 saturated heterocycles. The van der Waals surface area contributed by atoms with Gasteiger partial charge in [-0.15, -0.1) is 0 Å².